The third-order valence-corrected chi connectivity index (χ3v) is 5.39. The molecule has 4 N–H and O–H groups in total. The number of nitrogens with zero attached hydrogens (tertiary/aromatic N) is 2. The van der Waals surface area contributed by atoms with Crippen molar-refractivity contribution in [3.63, 3.8) is 0 Å². The maximum absolute atomic E-state index is 12.0. The number of anilines is 1. The number of benzene rings is 2. The van der Waals surface area contributed by atoms with E-state index >= 15 is 0 Å². The first-order valence-corrected chi connectivity index (χ1v) is 10.5. The monoisotopic (exact) mass is 452 g/mol. The van der Waals surface area contributed by atoms with Crippen LogP contribution < -0.4 is 15.8 Å². The van der Waals surface area contributed by atoms with Crippen molar-refractivity contribution in [2.75, 3.05) is 5.32 Å². The fourth-order valence-corrected chi connectivity index (χ4v) is 3.63. The van der Waals surface area contributed by atoms with Gasteiger partial charge in [-0.1, -0.05) is 24.6 Å². The highest BCUT2D eigenvalue weighted by Crippen LogP contribution is 2.40. The van der Waals surface area contributed by atoms with Gasteiger partial charge in [-0.3, -0.25) is 9.78 Å². The van der Waals surface area contributed by atoms with Crippen LogP contribution in [0.4, 0.5) is 10.5 Å². The zero-order valence-electron chi connectivity index (χ0n) is 17.3. The van der Waals surface area contributed by atoms with Crippen LogP contribution in [0.5, 0.6) is 11.5 Å². The first kappa shape index (κ1) is 21.6. The molecule has 0 bridgehead atoms. The van der Waals surface area contributed by atoms with Crippen LogP contribution >= 0.6 is 11.6 Å². The van der Waals surface area contributed by atoms with Gasteiger partial charge < -0.3 is 20.9 Å². The molecule has 3 aromatic rings. The van der Waals surface area contributed by atoms with Crippen LogP contribution in [0.15, 0.2) is 47.5 Å². The Morgan fingerprint density at radius 3 is 2.72 bits per heavy atom. The first-order chi connectivity index (χ1) is 15.3. The fourth-order valence-electron chi connectivity index (χ4n) is 3.36. The lowest BCUT2D eigenvalue weighted by Gasteiger charge is -2.15. The van der Waals surface area contributed by atoms with Crippen molar-refractivity contribution in [2.45, 2.75) is 32.1 Å². The van der Waals surface area contributed by atoms with Crippen molar-refractivity contribution in [3.05, 3.63) is 58.7 Å². The topological polar surface area (TPSA) is 127 Å². The van der Waals surface area contributed by atoms with Crippen LogP contribution in [0.25, 0.3) is 10.9 Å². The fraction of sp³-hybridized carbons (Fsp3) is 0.217. The number of carboxylic acid groups (broad SMARTS) is 1. The van der Waals surface area contributed by atoms with Crippen molar-refractivity contribution in [1.29, 1.82) is 0 Å². The molecule has 1 aliphatic carbocycles. The zero-order chi connectivity index (χ0) is 22.8. The van der Waals surface area contributed by atoms with Gasteiger partial charge in [0.15, 0.2) is 5.84 Å². The molecular formula is C23H21ClN4O4. The second-order valence-corrected chi connectivity index (χ2v) is 7.91. The molecule has 4 rings (SSSR count). The number of halogens is 1. The van der Waals surface area contributed by atoms with E-state index in [0.29, 0.717) is 29.5 Å². The summed E-state index contributed by atoms with van der Waals surface area (Å²) < 4.78 is 6.09. The summed E-state index contributed by atoms with van der Waals surface area (Å²) in [6.45, 7) is 1.92. The first-order valence-electron chi connectivity index (χ1n) is 10.1. The van der Waals surface area contributed by atoms with E-state index in [9.17, 15) is 9.59 Å². The number of fused-ring (bicyclic) bond motifs is 1. The Bertz CT molecular complexity index is 1250. The minimum absolute atomic E-state index is 0.288. The number of hydrogen-bond donors (Lipinski definition) is 3. The quantitative estimate of drug-likeness (QED) is 0.365. The molecule has 2 aromatic carbocycles. The third-order valence-electron chi connectivity index (χ3n) is 5.11. The van der Waals surface area contributed by atoms with Crippen LogP contribution in [-0.4, -0.2) is 27.9 Å². The number of nitrogens with two attached hydrogens (primary N) is 1. The largest absolute Gasteiger partial charge is 0.463 e. The number of rotatable bonds is 5. The second kappa shape index (κ2) is 8.84. The van der Waals surface area contributed by atoms with Gasteiger partial charge in [0.25, 0.3) is 5.91 Å². The molecule has 0 unspecified atom stereocenters. The van der Waals surface area contributed by atoms with Gasteiger partial charge >= 0.3 is 6.09 Å². The average Bonchev–Trinajstić information content (AvgIpc) is 3.60. The summed E-state index contributed by atoms with van der Waals surface area (Å²) in [6, 6.07) is 13.0. The molecule has 0 spiro atoms. The van der Waals surface area contributed by atoms with Gasteiger partial charge in [0.1, 0.15) is 11.5 Å². The summed E-state index contributed by atoms with van der Waals surface area (Å²) in [4.78, 5) is 30.3. The van der Waals surface area contributed by atoms with E-state index in [1.807, 2.05) is 31.2 Å². The molecule has 1 aromatic heterocycles. The predicted molar refractivity (Wildman–Crippen MR) is 123 cm³/mol. The Morgan fingerprint density at radius 2 is 2.03 bits per heavy atom. The van der Waals surface area contributed by atoms with Crippen LogP contribution in [0, 0.1) is 0 Å². The molecule has 2 amide bonds. The lowest BCUT2D eigenvalue weighted by atomic mass is 10.1. The van der Waals surface area contributed by atoms with E-state index in [2.05, 4.69) is 16.4 Å². The third kappa shape index (κ3) is 4.81. The molecule has 32 heavy (non-hydrogen) atoms. The molecule has 9 heteroatoms. The minimum Gasteiger partial charge on any atom is -0.463 e. The van der Waals surface area contributed by atoms with Crippen molar-refractivity contribution < 1.29 is 19.4 Å². The summed E-state index contributed by atoms with van der Waals surface area (Å²) in [5.41, 5.74) is 8.53. The Labute approximate surface area is 189 Å². The summed E-state index contributed by atoms with van der Waals surface area (Å²) in [7, 11) is 0. The molecule has 0 radical (unpaired) electrons. The van der Waals surface area contributed by atoms with Crippen LogP contribution in [0.1, 0.15) is 36.9 Å². The second-order valence-electron chi connectivity index (χ2n) is 7.50. The van der Waals surface area contributed by atoms with E-state index in [-0.39, 0.29) is 5.02 Å². The number of carbonyl (C=O) groups is 2. The van der Waals surface area contributed by atoms with Crippen molar-refractivity contribution in [3.8, 4) is 11.5 Å². The van der Waals surface area contributed by atoms with E-state index in [1.165, 1.54) is 18.9 Å². The number of amidine groups is 1. The van der Waals surface area contributed by atoms with Crippen LogP contribution in [-0.2, 0) is 11.2 Å². The molecular weight excluding hydrogens is 432 g/mol. The van der Waals surface area contributed by atoms with Crippen molar-refractivity contribution in [2.24, 2.45) is 10.7 Å². The molecule has 0 saturated heterocycles. The maximum atomic E-state index is 12.0. The predicted octanol–water partition coefficient (Wildman–Crippen LogP) is 5.09. The number of nitrogens with one attached hydrogen (secondary N) is 1. The highest BCUT2D eigenvalue weighted by Gasteiger charge is 2.25. The Balaban J connectivity index is 1.57. The lowest BCUT2D eigenvalue weighted by Crippen LogP contribution is -2.31. The Morgan fingerprint density at radius 1 is 1.25 bits per heavy atom. The van der Waals surface area contributed by atoms with E-state index in [4.69, 9.17) is 32.2 Å². The van der Waals surface area contributed by atoms with Gasteiger partial charge in [0.2, 0.25) is 0 Å². The summed E-state index contributed by atoms with van der Waals surface area (Å²) in [5.74, 6) is 0.172. The minimum atomic E-state index is -1.55. The SMILES string of the molecule is CCc1cc(NC(=O)/C(N)=N/C(=O)O)cc(Cl)c1Oc1ccc2nc(C3CC3)ccc2c1. The number of aromatic nitrogens is 1. The number of pyridine rings is 1. The van der Waals surface area contributed by atoms with E-state index in [1.54, 1.807) is 6.07 Å². The van der Waals surface area contributed by atoms with Crippen molar-refractivity contribution in [1.82, 2.24) is 4.98 Å². The van der Waals surface area contributed by atoms with E-state index < -0.39 is 17.8 Å². The van der Waals surface area contributed by atoms with Gasteiger partial charge in [-0.25, -0.2) is 4.79 Å². The average molecular weight is 453 g/mol. The highest BCUT2D eigenvalue weighted by atomic mass is 35.5. The van der Waals surface area contributed by atoms with Gasteiger partial charge in [-0.2, -0.15) is 4.99 Å². The number of hydrogen-bond acceptors (Lipinski definition) is 4. The number of aliphatic imine (C=N–C) groups is 1. The smallest absolute Gasteiger partial charge is 0.433 e. The summed E-state index contributed by atoms with van der Waals surface area (Å²) in [6.07, 6.45) is 1.43. The number of aryl methyl sites for hydroxylation is 1. The zero-order valence-corrected chi connectivity index (χ0v) is 18.0. The Hall–Kier alpha value is -3.65. The van der Waals surface area contributed by atoms with E-state index in [0.717, 1.165) is 22.2 Å². The molecule has 1 saturated carbocycles. The molecule has 1 heterocycles. The van der Waals surface area contributed by atoms with Gasteiger partial charge in [0, 0.05) is 22.7 Å². The summed E-state index contributed by atoms with van der Waals surface area (Å²) >= 11 is 6.45. The molecule has 8 nitrogen and oxygen atoms in total. The van der Waals surface area contributed by atoms with Crippen molar-refractivity contribution >= 4 is 46.0 Å². The van der Waals surface area contributed by atoms with Crippen LogP contribution in [0.2, 0.25) is 5.02 Å². The van der Waals surface area contributed by atoms with Gasteiger partial charge in [0.05, 0.1) is 10.5 Å². The van der Waals surface area contributed by atoms with Crippen LogP contribution in [0.3, 0.4) is 0 Å². The number of carbonyl (C=O) groups excluding carboxylic acids is 1. The maximum Gasteiger partial charge on any atom is 0.433 e. The molecule has 1 fully saturated rings. The summed E-state index contributed by atoms with van der Waals surface area (Å²) in [5, 5.41) is 12.4. The van der Waals surface area contributed by atoms with Gasteiger partial charge in [-0.15, -0.1) is 0 Å². The Kier molecular flexibility index (Phi) is 5.96. The number of amides is 2. The highest BCUT2D eigenvalue weighted by molar-refractivity contribution is 6.42. The molecule has 164 valence electrons. The molecule has 0 aliphatic heterocycles. The standard InChI is InChI=1S/C23H21ClN4O4/c1-2-12-9-15(26-22(29)21(25)28-23(30)31)11-17(24)20(12)32-16-6-8-19-14(10-16)5-7-18(27-19)13-3-4-13/h5-11,13H,2-4H2,1H3,(H2,25,28)(H,26,29)(H,30,31). The molecule has 0 atom stereocenters. The number of ether oxygens (including phenoxy) is 1. The molecule has 1 aliphatic rings. The lowest BCUT2D eigenvalue weighted by molar-refractivity contribution is -0.110. The van der Waals surface area contributed by atoms with Gasteiger partial charge in [-0.05, 0) is 61.2 Å². The normalized spacial score (nSPS) is 13.8.